The molecular formula is C25H21N3O3S. The number of nitrogens with one attached hydrogen (secondary N) is 3. The molecular weight excluding hydrogens is 422 g/mol. The molecule has 1 unspecified atom stereocenters. The molecule has 1 atom stereocenters. The zero-order chi connectivity index (χ0) is 22.5. The van der Waals surface area contributed by atoms with Crippen LogP contribution in [-0.2, 0) is 0 Å². The summed E-state index contributed by atoms with van der Waals surface area (Å²) in [6, 6.07) is 22.9. The first kappa shape index (κ1) is 21.3. The van der Waals surface area contributed by atoms with E-state index >= 15 is 0 Å². The first-order chi connectivity index (χ1) is 15.5. The van der Waals surface area contributed by atoms with Crippen molar-refractivity contribution >= 4 is 28.8 Å². The normalized spacial score (nSPS) is 11.5. The largest absolute Gasteiger partial charge is 0.345 e. The highest BCUT2D eigenvalue weighted by Gasteiger charge is 2.16. The van der Waals surface area contributed by atoms with Crippen LogP contribution < -0.4 is 16.2 Å². The van der Waals surface area contributed by atoms with Crippen molar-refractivity contribution in [3.8, 4) is 10.6 Å². The van der Waals surface area contributed by atoms with E-state index in [2.05, 4.69) is 15.6 Å². The first-order valence-electron chi connectivity index (χ1n) is 10.1. The molecule has 0 aliphatic heterocycles. The number of anilines is 1. The van der Waals surface area contributed by atoms with Gasteiger partial charge in [-0.25, -0.2) is 0 Å². The van der Waals surface area contributed by atoms with Gasteiger partial charge in [-0.2, -0.15) is 0 Å². The fourth-order valence-corrected chi connectivity index (χ4v) is 3.97. The van der Waals surface area contributed by atoms with Crippen LogP contribution in [0.1, 0.15) is 39.2 Å². The molecule has 0 spiro atoms. The van der Waals surface area contributed by atoms with E-state index in [1.807, 2.05) is 36.6 Å². The van der Waals surface area contributed by atoms with Gasteiger partial charge in [-0.3, -0.25) is 14.4 Å². The lowest BCUT2D eigenvalue weighted by molar-refractivity contribution is 0.0937. The number of pyridine rings is 1. The lowest BCUT2D eigenvalue weighted by Gasteiger charge is -2.16. The molecule has 4 aromatic rings. The van der Waals surface area contributed by atoms with Crippen molar-refractivity contribution in [2.45, 2.75) is 13.0 Å². The van der Waals surface area contributed by atoms with E-state index < -0.39 is 11.5 Å². The van der Waals surface area contributed by atoms with Crippen LogP contribution >= 0.6 is 11.3 Å². The van der Waals surface area contributed by atoms with Gasteiger partial charge in [-0.05, 0) is 60.3 Å². The Morgan fingerprint density at radius 1 is 0.906 bits per heavy atom. The zero-order valence-corrected chi connectivity index (χ0v) is 18.1. The Balaban J connectivity index is 1.45. The van der Waals surface area contributed by atoms with Crippen molar-refractivity contribution in [3.63, 3.8) is 0 Å². The minimum Gasteiger partial charge on any atom is -0.345 e. The Kier molecular flexibility index (Phi) is 6.28. The van der Waals surface area contributed by atoms with Crippen LogP contribution in [0.4, 0.5) is 5.69 Å². The van der Waals surface area contributed by atoms with Crippen molar-refractivity contribution in [1.29, 1.82) is 0 Å². The third-order valence-electron chi connectivity index (χ3n) is 4.97. The van der Waals surface area contributed by atoms with E-state index in [1.54, 1.807) is 48.5 Å². The van der Waals surface area contributed by atoms with Gasteiger partial charge >= 0.3 is 0 Å². The van der Waals surface area contributed by atoms with Gasteiger partial charge in [0.1, 0.15) is 5.56 Å². The maximum absolute atomic E-state index is 12.7. The number of aromatic amines is 1. The number of H-pyrrole nitrogens is 1. The van der Waals surface area contributed by atoms with Gasteiger partial charge < -0.3 is 15.6 Å². The minimum atomic E-state index is -0.463. The quantitative estimate of drug-likeness (QED) is 0.398. The van der Waals surface area contributed by atoms with Gasteiger partial charge in [0, 0.05) is 11.3 Å². The molecule has 0 aliphatic rings. The van der Waals surface area contributed by atoms with Crippen molar-refractivity contribution in [1.82, 2.24) is 10.3 Å². The fraction of sp³-hybridized carbons (Fsp3) is 0.0800. The summed E-state index contributed by atoms with van der Waals surface area (Å²) in [5, 5.41) is 7.64. The monoisotopic (exact) mass is 443 g/mol. The van der Waals surface area contributed by atoms with Crippen LogP contribution in [0.3, 0.4) is 0 Å². The zero-order valence-electron chi connectivity index (χ0n) is 17.3. The molecule has 2 aromatic carbocycles. The highest BCUT2D eigenvalue weighted by atomic mass is 32.1. The standard InChI is InChI=1S/C25H21N3O3S/c1-16(18-9-5-10-19(15-18)27-23(29)17-7-3-2-4-8-17)26-24(30)20-12-13-21(28-25(20)31)22-11-6-14-32-22/h2-16H,1H3,(H,26,30)(H,27,29)(H,28,31). The second-order valence-corrected chi connectivity index (χ2v) is 8.18. The molecule has 32 heavy (non-hydrogen) atoms. The maximum atomic E-state index is 12.7. The van der Waals surface area contributed by atoms with E-state index in [-0.39, 0.29) is 17.5 Å². The Hall–Kier alpha value is -3.97. The third kappa shape index (κ3) is 4.84. The fourth-order valence-electron chi connectivity index (χ4n) is 3.26. The first-order valence-corrected chi connectivity index (χ1v) is 10.9. The number of carbonyl (C=O) groups is 2. The van der Waals surface area contributed by atoms with E-state index in [1.165, 1.54) is 17.4 Å². The summed E-state index contributed by atoms with van der Waals surface area (Å²) in [5.41, 5.74) is 2.27. The van der Waals surface area contributed by atoms with Gasteiger partial charge in [-0.1, -0.05) is 36.4 Å². The molecule has 4 rings (SSSR count). The second kappa shape index (κ2) is 9.45. The molecule has 0 fully saturated rings. The number of thiophene rings is 1. The number of hydrogen-bond donors (Lipinski definition) is 3. The summed E-state index contributed by atoms with van der Waals surface area (Å²) >= 11 is 1.51. The Bertz CT molecular complexity index is 1300. The average Bonchev–Trinajstić information content (AvgIpc) is 3.34. The molecule has 0 saturated carbocycles. The van der Waals surface area contributed by atoms with Crippen LogP contribution in [0, 0.1) is 0 Å². The predicted octanol–water partition coefficient (Wildman–Crippen LogP) is 4.85. The predicted molar refractivity (Wildman–Crippen MR) is 127 cm³/mol. The smallest absolute Gasteiger partial charge is 0.261 e. The second-order valence-electron chi connectivity index (χ2n) is 7.23. The lowest BCUT2D eigenvalue weighted by Crippen LogP contribution is -2.31. The molecule has 160 valence electrons. The van der Waals surface area contributed by atoms with Gasteiger partial charge in [0.05, 0.1) is 16.6 Å². The Labute approximate surface area is 189 Å². The highest BCUT2D eigenvalue weighted by Crippen LogP contribution is 2.22. The molecule has 0 bridgehead atoms. The number of amides is 2. The Morgan fingerprint density at radius 2 is 1.72 bits per heavy atom. The van der Waals surface area contributed by atoms with E-state index in [4.69, 9.17) is 0 Å². The molecule has 2 heterocycles. The molecule has 0 saturated heterocycles. The summed E-state index contributed by atoms with van der Waals surface area (Å²) in [4.78, 5) is 41.2. The lowest BCUT2D eigenvalue weighted by atomic mass is 10.1. The summed E-state index contributed by atoms with van der Waals surface area (Å²) in [6.07, 6.45) is 0. The molecule has 7 heteroatoms. The SMILES string of the molecule is CC(NC(=O)c1ccc(-c2cccs2)[nH]c1=O)c1cccc(NC(=O)c2ccccc2)c1. The topological polar surface area (TPSA) is 91.1 Å². The summed E-state index contributed by atoms with van der Waals surface area (Å²) < 4.78 is 0. The maximum Gasteiger partial charge on any atom is 0.261 e. The van der Waals surface area contributed by atoms with Crippen LogP contribution in [0.15, 0.2) is 89.0 Å². The molecule has 0 aliphatic carbocycles. The van der Waals surface area contributed by atoms with Gasteiger partial charge in [0.2, 0.25) is 0 Å². The Morgan fingerprint density at radius 3 is 2.44 bits per heavy atom. The molecule has 0 radical (unpaired) electrons. The summed E-state index contributed by atoms with van der Waals surface area (Å²) in [5.74, 6) is -0.674. The van der Waals surface area contributed by atoms with Crippen molar-refractivity contribution in [3.05, 3.63) is 111 Å². The van der Waals surface area contributed by atoms with Crippen LogP contribution in [0.2, 0.25) is 0 Å². The van der Waals surface area contributed by atoms with Crippen molar-refractivity contribution in [2.75, 3.05) is 5.32 Å². The molecule has 3 N–H and O–H groups in total. The van der Waals surface area contributed by atoms with Crippen molar-refractivity contribution < 1.29 is 9.59 Å². The average molecular weight is 444 g/mol. The van der Waals surface area contributed by atoms with E-state index in [0.717, 1.165) is 10.4 Å². The molecule has 6 nitrogen and oxygen atoms in total. The van der Waals surface area contributed by atoms with Gasteiger partial charge in [0.25, 0.3) is 17.4 Å². The number of carbonyl (C=O) groups excluding carboxylic acids is 2. The van der Waals surface area contributed by atoms with Crippen molar-refractivity contribution in [2.24, 2.45) is 0 Å². The number of rotatable bonds is 6. The number of aromatic nitrogens is 1. The van der Waals surface area contributed by atoms with Crippen LogP contribution in [0.25, 0.3) is 10.6 Å². The third-order valence-corrected chi connectivity index (χ3v) is 5.87. The van der Waals surface area contributed by atoms with Gasteiger partial charge in [-0.15, -0.1) is 11.3 Å². The minimum absolute atomic E-state index is 0.0469. The van der Waals surface area contributed by atoms with Gasteiger partial charge in [0.15, 0.2) is 0 Å². The summed E-state index contributed by atoms with van der Waals surface area (Å²) in [7, 11) is 0. The van der Waals surface area contributed by atoms with E-state index in [9.17, 15) is 14.4 Å². The van der Waals surface area contributed by atoms with Crippen LogP contribution in [-0.4, -0.2) is 16.8 Å². The molecule has 2 aromatic heterocycles. The number of hydrogen-bond acceptors (Lipinski definition) is 4. The van der Waals surface area contributed by atoms with Crippen LogP contribution in [0.5, 0.6) is 0 Å². The van der Waals surface area contributed by atoms with E-state index in [0.29, 0.717) is 16.9 Å². The number of benzene rings is 2. The highest BCUT2D eigenvalue weighted by molar-refractivity contribution is 7.13. The molecule has 2 amide bonds. The summed E-state index contributed by atoms with van der Waals surface area (Å²) in [6.45, 7) is 1.82.